The molecule has 0 amide bonds. The van der Waals surface area contributed by atoms with E-state index in [0.717, 1.165) is 12.1 Å². The fraction of sp³-hybridized carbons (Fsp3) is 0.455. The maximum atomic E-state index is 12.5. The molecule has 17 heavy (non-hydrogen) atoms. The van der Waals surface area contributed by atoms with Gasteiger partial charge in [-0.05, 0) is 17.0 Å². The number of rotatable bonds is 1. The zero-order chi connectivity index (χ0) is 13.4. The van der Waals surface area contributed by atoms with Crippen molar-refractivity contribution in [1.29, 1.82) is 0 Å². The standard InChI is InChI=1S/C11H12F3NO2/c1-10(2,3)7-4-5-8(11(12,13)14)9(6-7)15(16)17/h4-6H,1-3H3. The first-order chi connectivity index (χ1) is 7.53. The van der Waals surface area contributed by atoms with Gasteiger partial charge >= 0.3 is 6.18 Å². The smallest absolute Gasteiger partial charge is 0.258 e. The summed E-state index contributed by atoms with van der Waals surface area (Å²) in [6.07, 6.45) is -4.71. The van der Waals surface area contributed by atoms with Gasteiger partial charge in [-0.3, -0.25) is 10.1 Å². The van der Waals surface area contributed by atoms with E-state index in [0.29, 0.717) is 5.56 Å². The lowest BCUT2D eigenvalue weighted by Gasteiger charge is -2.19. The maximum Gasteiger partial charge on any atom is 0.422 e. The highest BCUT2D eigenvalue weighted by Gasteiger charge is 2.38. The molecule has 0 fully saturated rings. The Morgan fingerprint density at radius 3 is 2.06 bits per heavy atom. The minimum Gasteiger partial charge on any atom is -0.258 e. The molecular formula is C11H12F3NO2. The van der Waals surface area contributed by atoms with Crippen LogP contribution in [-0.2, 0) is 11.6 Å². The van der Waals surface area contributed by atoms with E-state index in [1.54, 1.807) is 20.8 Å². The predicted molar refractivity (Wildman–Crippen MR) is 56.8 cm³/mol. The van der Waals surface area contributed by atoms with Gasteiger partial charge in [-0.2, -0.15) is 13.2 Å². The Hall–Kier alpha value is -1.59. The fourth-order valence-electron chi connectivity index (χ4n) is 1.39. The molecule has 0 aliphatic heterocycles. The first-order valence-corrected chi connectivity index (χ1v) is 4.89. The van der Waals surface area contributed by atoms with Gasteiger partial charge < -0.3 is 0 Å². The number of benzene rings is 1. The third-order valence-corrected chi connectivity index (χ3v) is 2.37. The van der Waals surface area contributed by atoms with Crippen molar-refractivity contribution in [3.05, 3.63) is 39.4 Å². The monoisotopic (exact) mass is 247 g/mol. The molecule has 1 aromatic rings. The largest absolute Gasteiger partial charge is 0.422 e. The van der Waals surface area contributed by atoms with Crippen molar-refractivity contribution < 1.29 is 18.1 Å². The van der Waals surface area contributed by atoms with Crippen LogP contribution in [0, 0.1) is 10.1 Å². The normalized spacial score (nSPS) is 12.6. The Balaban J connectivity index is 3.43. The summed E-state index contributed by atoms with van der Waals surface area (Å²) in [6.45, 7) is 5.33. The van der Waals surface area contributed by atoms with Gasteiger partial charge in [0.25, 0.3) is 5.69 Å². The molecule has 0 aromatic heterocycles. The molecule has 94 valence electrons. The van der Waals surface area contributed by atoms with Crippen molar-refractivity contribution in [3.63, 3.8) is 0 Å². The SMILES string of the molecule is CC(C)(C)c1ccc(C(F)(F)F)c([N+](=O)[O-])c1. The van der Waals surface area contributed by atoms with Crippen LogP contribution in [0.4, 0.5) is 18.9 Å². The van der Waals surface area contributed by atoms with E-state index in [4.69, 9.17) is 0 Å². The van der Waals surface area contributed by atoms with Crippen LogP contribution in [0.15, 0.2) is 18.2 Å². The molecule has 0 N–H and O–H groups in total. The molecule has 0 radical (unpaired) electrons. The summed E-state index contributed by atoms with van der Waals surface area (Å²) in [5, 5.41) is 10.7. The van der Waals surface area contributed by atoms with Crippen molar-refractivity contribution in [1.82, 2.24) is 0 Å². The number of hydrogen-bond donors (Lipinski definition) is 0. The zero-order valence-corrected chi connectivity index (χ0v) is 9.63. The molecule has 0 unspecified atom stereocenters. The number of nitro groups is 1. The van der Waals surface area contributed by atoms with Crippen LogP contribution < -0.4 is 0 Å². The minimum atomic E-state index is -4.71. The Kier molecular flexibility index (Phi) is 3.18. The zero-order valence-electron chi connectivity index (χ0n) is 9.63. The summed E-state index contributed by atoms with van der Waals surface area (Å²) in [7, 11) is 0. The summed E-state index contributed by atoms with van der Waals surface area (Å²) < 4.78 is 37.6. The van der Waals surface area contributed by atoms with E-state index in [1.807, 2.05) is 0 Å². The van der Waals surface area contributed by atoms with Crippen LogP contribution in [0.2, 0.25) is 0 Å². The van der Waals surface area contributed by atoms with Gasteiger partial charge in [0.15, 0.2) is 0 Å². The number of halogens is 3. The van der Waals surface area contributed by atoms with E-state index < -0.39 is 27.8 Å². The topological polar surface area (TPSA) is 43.1 Å². The third kappa shape index (κ3) is 2.95. The first kappa shape index (κ1) is 13.5. The molecule has 0 spiro atoms. The molecule has 6 heteroatoms. The number of alkyl halides is 3. The fourth-order valence-corrected chi connectivity index (χ4v) is 1.39. The van der Waals surface area contributed by atoms with E-state index >= 15 is 0 Å². The van der Waals surface area contributed by atoms with Gasteiger partial charge in [0, 0.05) is 6.07 Å². The highest BCUT2D eigenvalue weighted by atomic mass is 19.4. The molecule has 0 heterocycles. The average molecular weight is 247 g/mol. The Morgan fingerprint density at radius 1 is 1.18 bits per heavy atom. The summed E-state index contributed by atoms with van der Waals surface area (Å²) >= 11 is 0. The number of nitrogens with zero attached hydrogens (tertiary/aromatic N) is 1. The summed E-state index contributed by atoms with van der Waals surface area (Å²) in [5.41, 5.74) is -2.05. The molecule has 3 nitrogen and oxygen atoms in total. The lowest BCUT2D eigenvalue weighted by Crippen LogP contribution is -2.14. The molecule has 1 aromatic carbocycles. The Morgan fingerprint density at radius 2 is 1.71 bits per heavy atom. The van der Waals surface area contributed by atoms with E-state index in [9.17, 15) is 23.3 Å². The van der Waals surface area contributed by atoms with E-state index in [1.165, 1.54) is 6.07 Å². The second kappa shape index (κ2) is 4.01. The molecule has 0 aliphatic carbocycles. The van der Waals surface area contributed by atoms with Crippen LogP contribution in [0.1, 0.15) is 31.9 Å². The van der Waals surface area contributed by atoms with Gasteiger partial charge in [-0.25, -0.2) is 0 Å². The predicted octanol–water partition coefficient (Wildman–Crippen LogP) is 3.91. The van der Waals surface area contributed by atoms with Gasteiger partial charge in [-0.15, -0.1) is 0 Å². The molecule has 1 rings (SSSR count). The molecule has 0 aliphatic rings. The van der Waals surface area contributed by atoms with E-state index in [2.05, 4.69) is 0 Å². The summed E-state index contributed by atoms with van der Waals surface area (Å²) in [4.78, 5) is 9.65. The summed E-state index contributed by atoms with van der Waals surface area (Å²) in [5.74, 6) is 0. The third-order valence-electron chi connectivity index (χ3n) is 2.37. The lowest BCUT2D eigenvalue weighted by molar-refractivity contribution is -0.388. The van der Waals surface area contributed by atoms with Crippen molar-refractivity contribution in [3.8, 4) is 0 Å². The van der Waals surface area contributed by atoms with Gasteiger partial charge in [-0.1, -0.05) is 26.8 Å². The van der Waals surface area contributed by atoms with Crippen LogP contribution in [-0.4, -0.2) is 4.92 Å². The quantitative estimate of drug-likeness (QED) is 0.557. The van der Waals surface area contributed by atoms with Crippen LogP contribution in [0.5, 0.6) is 0 Å². The molecular weight excluding hydrogens is 235 g/mol. The minimum absolute atomic E-state index is 0.436. The van der Waals surface area contributed by atoms with Crippen LogP contribution >= 0.6 is 0 Å². The number of nitro benzene ring substituents is 1. The van der Waals surface area contributed by atoms with Crippen molar-refractivity contribution in [2.24, 2.45) is 0 Å². The van der Waals surface area contributed by atoms with Gasteiger partial charge in [0.05, 0.1) is 4.92 Å². The molecule has 0 saturated carbocycles. The maximum absolute atomic E-state index is 12.5. The highest BCUT2D eigenvalue weighted by Crippen LogP contribution is 2.38. The average Bonchev–Trinajstić information content (AvgIpc) is 2.14. The second-order valence-corrected chi connectivity index (χ2v) is 4.74. The Bertz CT molecular complexity index is 447. The van der Waals surface area contributed by atoms with Crippen molar-refractivity contribution >= 4 is 5.69 Å². The molecule has 0 bridgehead atoms. The summed E-state index contributed by atoms with van der Waals surface area (Å²) in [6, 6.07) is 3.03. The highest BCUT2D eigenvalue weighted by molar-refractivity contribution is 5.46. The van der Waals surface area contributed by atoms with Crippen molar-refractivity contribution in [2.45, 2.75) is 32.4 Å². The van der Waals surface area contributed by atoms with Crippen molar-refractivity contribution in [2.75, 3.05) is 0 Å². The Labute approximate surface area is 96.4 Å². The van der Waals surface area contributed by atoms with Crippen LogP contribution in [0.25, 0.3) is 0 Å². The number of hydrogen-bond acceptors (Lipinski definition) is 2. The first-order valence-electron chi connectivity index (χ1n) is 4.89. The van der Waals surface area contributed by atoms with Gasteiger partial charge in [0.1, 0.15) is 5.56 Å². The second-order valence-electron chi connectivity index (χ2n) is 4.74. The molecule has 0 atom stereocenters. The van der Waals surface area contributed by atoms with E-state index in [-0.39, 0.29) is 0 Å². The molecule has 0 saturated heterocycles. The van der Waals surface area contributed by atoms with Crippen LogP contribution in [0.3, 0.4) is 0 Å². The van der Waals surface area contributed by atoms with Gasteiger partial charge in [0.2, 0.25) is 0 Å². The lowest BCUT2D eigenvalue weighted by atomic mass is 9.86.